The lowest BCUT2D eigenvalue weighted by atomic mass is 9.85. The lowest BCUT2D eigenvalue weighted by molar-refractivity contribution is -0.146. The Kier molecular flexibility index (Phi) is 5.53. The maximum atomic E-state index is 12.4. The molecule has 2 aliphatic heterocycles. The van der Waals surface area contributed by atoms with Crippen LogP contribution in [-0.4, -0.2) is 52.9 Å². The van der Waals surface area contributed by atoms with Crippen LogP contribution in [0.15, 0.2) is 12.1 Å². The molecule has 2 fully saturated rings. The van der Waals surface area contributed by atoms with E-state index in [-0.39, 0.29) is 23.6 Å². The number of piperidine rings is 1. The number of aromatic hydroxyl groups is 1. The van der Waals surface area contributed by atoms with Gasteiger partial charge in [-0.3, -0.25) is 4.79 Å². The lowest BCUT2D eigenvalue weighted by Gasteiger charge is -2.36. The summed E-state index contributed by atoms with van der Waals surface area (Å²) in [5.41, 5.74) is 7.83. The number of aliphatic hydroxyl groups excluding tert-OH is 1. The minimum atomic E-state index is -0.731. The number of halogens is 1. The lowest BCUT2D eigenvalue weighted by Crippen LogP contribution is -2.47. The molecule has 0 bridgehead atoms. The molecule has 3 rings (SSSR count). The van der Waals surface area contributed by atoms with Crippen LogP contribution in [0, 0.1) is 12.8 Å². The van der Waals surface area contributed by atoms with Crippen LogP contribution in [0.2, 0.25) is 5.02 Å². The highest BCUT2D eigenvalue weighted by atomic mass is 35.5. The zero-order valence-electron chi connectivity index (χ0n) is 14.3. The second-order valence-corrected chi connectivity index (χ2v) is 7.40. The van der Waals surface area contributed by atoms with Gasteiger partial charge in [-0.15, -0.1) is 0 Å². The summed E-state index contributed by atoms with van der Waals surface area (Å²) in [4.78, 5) is 14.2. The van der Waals surface area contributed by atoms with Crippen LogP contribution < -0.4 is 5.73 Å². The van der Waals surface area contributed by atoms with Crippen molar-refractivity contribution in [2.24, 2.45) is 11.7 Å². The summed E-state index contributed by atoms with van der Waals surface area (Å²) in [5, 5.41) is 20.6. The number of ether oxygens (including phenoxy) is 1. The molecule has 7 heteroatoms. The summed E-state index contributed by atoms with van der Waals surface area (Å²) in [6.45, 7) is 3.40. The van der Waals surface area contributed by atoms with E-state index in [0.29, 0.717) is 36.7 Å². The monoisotopic (exact) mass is 368 g/mol. The summed E-state index contributed by atoms with van der Waals surface area (Å²) in [6.07, 6.45) is 0.538. The molecule has 1 amide bonds. The number of nitrogens with two attached hydrogens (primary N) is 1. The molecule has 0 spiro atoms. The van der Waals surface area contributed by atoms with Crippen LogP contribution in [0.3, 0.4) is 0 Å². The Hall–Kier alpha value is -1.34. The van der Waals surface area contributed by atoms with E-state index in [4.69, 9.17) is 22.1 Å². The molecule has 0 aromatic heterocycles. The van der Waals surface area contributed by atoms with Crippen LogP contribution in [0.5, 0.6) is 5.75 Å². The first-order valence-corrected chi connectivity index (χ1v) is 9.09. The van der Waals surface area contributed by atoms with Gasteiger partial charge in [0.25, 0.3) is 5.91 Å². The zero-order valence-corrected chi connectivity index (χ0v) is 15.1. The fourth-order valence-electron chi connectivity index (χ4n) is 3.68. The predicted octanol–water partition coefficient (Wildman–Crippen LogP) is 1.74. The largest absolute Gasteiger partial charge is 0.508 e. The van der Waals surface area contributed by atoms with Crippen molar-refractivity contribution >= 4 is 17.5 Å². The van der Waals surface area contributed by atoms with Gasteiger partial charge in [0.1, 0.15) is 5.75 Å². The van der Waals surface area contributed by atoms with Crippen LogP contribution in [0.1, 0.15) is 36.4 Å². The third-order valence-corrected chi connectivity index (χ3v) is 5.74. The number of carbonyl (C=O) groups excluding carboxylic acids is 1. The normalized spacial score (nSPS) is 26.0. The number of aryl methyl sites for hydroxylation is 1. The van der Waals surface area contributed by atoms with E-state index in [1.165, 1.54) is 0 Å². The van der Waals surface area contributed by atoms with Gasteiger partial charge < -0.3 is 25.6 Å². The second-order valence-electron chi connectivity index (χ2n) is 7.00. The third-order valence-electron chi connectivity index (χ3n) is 5.33. The topological polar surface area (TPSA) is 96.0 Å². The smallest absolute Gasteiger partial charge is 0.254 e. The molecule has 6 nitrogen and oxygen atoms in total. The maximum absolute atomic E-state index is 12.4. The van der Waals surface area contributed by atoms with Gasteiger partial charge in [-0.2, -0.15) is 0 Å². The Morgan fingerprint density at radius 3 is 2.64 bits per heavy atom. The van der Waals surface area contributed by atoms with Crippen molar-refractivity contribution in [1.29, 1.82) is 0 Å². The van der Waals surface area contributed by atoms with E-state index in [9.17, 15) is 15.0 Å². The molecule has 0 saturated carbocycles. The number of rotatable bonds is 3. The summed E-state index contributed by atoms with van der Waals surface area (Å²) < 4.78 is 5.35. The van der Waals surface area contributed by atoms with E-state index in [1.807, 2.05) is 6.92 Å². The minimum absolute atomic E-state index is 0.141. The van der Waals surface area contributed by atoms with Crippen LogP contribution in [-0.2, 0) is 9.53 Å². The number of hydrogen-bond donors (Lipinski definition) is 3. The summed E-state index contributed by atoms with van der Waals surface area (Å²) in [6, 6.07) is 3.04. The Morgan fingerprint density at radius 2 is 2.04 bits per heavy atom. The van der Waals surface area contributed by atoms with Gasteiger partial charge in [0.2, 0.25) is 0 Å². The molecule has 2 heterocycles. The quantitative estimate of drug-likeness (QED) is 0.755. The van der Waals surface area contributed by atoms with Crippen LogP contribution in [0.4, 0.5) is 0 Å². The first kappa shape index (κ1) is 18.5. The van der Waals surface area contributed by atoms with Gasteiger partial charge >= 0.3 is 0 Å². The van der Waals surface area contributed by atoms with Crippen molar-refractivity contribution in [2.45, 2.75) is 44.4 Å². The van der Waals surface area contributed by atoms with Crippen molar-refractivity contribution in [3.05, 3.63) is 28.3 Å². The van der Waals surface area contributed by atoms with E-state index < -0.39 is 12.2 Å². The van der Waals surface area contributed by atoms with Gasteiger partial charge in [-0.25, -0.2) is 0 Å². The Labute approximate surface area is 152 Å². The van der Waals surface area contributed by atoms with E-state index in [2.05, 4.69) is 0 Å². The highest BCUT2D eigenvalue weighted by Crippen LogP contribution is 2.36. The predicted molar refractivity (Wildman–Crippen MR) is 94.5 cm³/mol. The molecule has 0 radical (unpaired) electrons. The average molecular weight is 369 g/mol. The molecule has 1 aromatic carbocycles. The number of phenolic OH excluding ortho intramolecular Hbond substituents is 1. The molecule has 138 valence electrons. The number of amides is 1. The van der Waals surface area contributed by atoms with Crippen molar-refractivity contribution in [3.8, 4) is 5.75 Å². The molecule has 4 N–H and O–H groups in total. The Morgan fingerprint density at radius 1 is 1.36 bits per heavy atom. The highest BCUT2D eigenvalue weighted by molar-refractivity contribution is 6.31. The zero-order chi connectivity index (χ0) is 18.1. The van der Waals surface area contributed by atoms with Crippen molar-refractivity contribution in [1.82, 2.24) is 4.90 Å². The molecule has 25 heavy (non-hydrogen) atoms. The van der Waals surface area contributed by atoms with Crippen molar-refractivity contribution in [2.75, 3.05) is 19.7 Å². The molecule has 2 aliphatic rings. The summed E-state index contributed by atoms with van der Waals surface area (Å²) in [5.74, 6) is 0.178. The molecule has 3 atom stereocenters. The standard InChI is InChI=1S/C18H25ClN2O4/c1-10-8-15(23)12(9-13(10)19)16(20)11-2-5-21(6-3-11)18(24)17-14(22)4-7-25-17/h8-9,11,14,16-17,22-23H,2-7,20H2,1H3/t14-,16?,17+/m0/s1. The van der Waals surface area contributed by atoms with Crippen molar-refractivity contribution in [3.63, 3.8) is 0 Å². The molecule has 2 saturated heterocycles. The van der Waals surface area contributed by atoms with Gasteiger partial charge in [-0.05, 0) is 49.8 Å². The minimum Gasteiger partial charge on any atom is -0.508 e. The maximum Gasteiger partial charge on any atom is 0.254 e. The number of benzene rings is 1. The average Bonchev–Trinajstić information content (AvgIpc) is 3.03. The number of hydrogen-bond acceptors (Lipinski definition) is 5. The summed E-state index contributed by atoms with van der Waals surface area (Å²) in [7, 11) is 0. The fraction of sp³-hybridized carbons (Fsp3) is 0.611. The fourth-order valence-corrected chi connectivity index (χ4v) is 3.85. The summed E-state index contributed by atoms with van der Waals surface area (Å²) >= 11 is 6.16. The Bertz CT molecular complexity index is 646. The number of carbonyl (C=O) groups is 1. The van der Waals surface area contributed by atoms with Crippen LogP contribution >= 0.6 is 11.6 Å². The molecular formula is C18H25ClN2O4. The van der Waals surface area contributed by atoms with Gasteiger partial charge in [0, 0.05) is 29.7 Å². The van der Waals surface area contributed by atoms with Gasteiger partial charge in [0.15, 0.2) is 6.10 Å². The molecule has 1 unspecified atom stereocenters. The number of phenols is 1. The van der Waals surface area contributed by atoms with E-state index in [1.54, 1.807) is 17.0 Å². The SMILES string of the molecule is Cc1cc(O)c(C(N)C2CCN(C(=O)[C@@H]3OCC[C@@H]3O)CC2)cc1Cl. The third kappa shape index (κ3) is 3.77. The van der Waals surface area contributed by atoms with E-state index in [0.717, 1.165) is 18.4 Å². The van der Waals surface area contributed by atoms with Crippen molar-refractivity contribution < 1.29 is 19.7 Å². The number of likely N-dealkylation sites (tertiary alicyclic amines) is 1. The number of nitrogens with zero attached hydrogens (tertiary/aromatic N) is 1. The molecular weight excluding hydrogens is 344 g/mol. The van der Waals surface area contributed by atoms with Gasteiger partial charge in [0.05, 0.1) is 12.7 Å². The van der Waals surface area contributed by atoms with E-state index >= 15 is 0 Å². The first-order valence-electron chi connectivity index (χ1n) is 8.71. The van der Waals surface area contributed by atoms with Gasteiger partial charge in [-0.1, -0.05) is 11.6 Å². The molecule has 1 aromatic rings. The van der Waals surface area contributed by atoms with Crippen LogP contribution in [0.25, 0.3) is 0 Å². The number of aliphatic hydroxyl groups is 1. The second kappa shape index (κ2) is 7.50. The highest BCUT2D eigenvalue weighted by Gasteiger charge is 2.37. The molecule has 0 aliphatic carbocycles. The first-order chi connectivity index (χ1) is 11.9. The Balaban J connectivity index is 1.62.